The molecule has 0 aromatic carbocycles. The van der Waals surface area contributed by atoms with E-state index in [-0.39, 0.29) is 5.69 Å². The molecular formula is C12H17N5O. The zero-order chi connectivity index (χ0) is 12.5. The molecular weight excluding hydrogens is 230 g/mol. The highest BCUT2D eigenvalue weighted by molar-refractivity contribution is 5.31. The zero-order valence-electron chi connectivity index (χ0n) is 10.2. The summed E-state index contributed by atoms with van der Waals surface area (Å²) in [5.41, 5.74) is 6.53. The zero-order valence-corrected chi connectivity index (χ0v) is 10.2. The number of hydrogen-bond donors (Lipinski definition) is 1. The van der Waals surface area contributed by atoms with E-state index in [0.717, 1.165) is 12.8 Å². The fourth-order valence-corrected chi connectivity index (χ4v) is 2.74. The largest absolute Gasteiger partial charge is 0.350 e. The van der Waals surface area contributed by atoms with Crippen LogP contribution in [-0.4, -0.2) is 25.2 Å². The number of hydrogen-bond acceptors (Lipinski definition) is 4. The third-order valence-corrected chi connectivity index (χ3v) is 3.82. The number of fused-ring (bicyclic) bond motifs is 1. The van der Waals surface area contributed by atoms with E-state index in [1.54, 1.807) is 18.6 Å². The number of nitrogens with two attached hydrogens (primary N) is 1. The van der Waals surface area contributed by atoms with Gasteiger partial charge >= 0.3 is 5.69 Å². The minimum Gasteiger partial charge on any atom is -0.327 e. The molecule has 2 unspecified atom stereocenters. The van der Waals surface area contributed by atoms with Gasteiger partial charge in [0.25, 0.3) is 0 Å². The van der Waals surface area contributed by atoms with Gasteiger partial charge in [0.1, 0.15) is 0 Å². The normalized spacial score (nSPS) is 23.8. The number of aryl methyl sites for hydroxylation is 1. The lowest BCUT2D eigenvalue weighted by molar-refractivity contribution is 0.398. The standard InChI is InChI=1S/C12H17N5O/c13-10-3-1-2-9(10)4-6-17-12(18)16-7-5-14-8-11(16)15-17/h5,7-10H,1-4,6,13H2. The van der Waals surface area contributed by atoms with E-state index in [1.165, 1.54) is 21.9 Å². The van der Waals surface area contributed by atoms with Gasteiger partial charge in [-0.25, -0.2) is 13.9 Å². The van der Waals surface area contributed by atoms with Gasteiger partial charge in [-0.1, -0.05) is 6.42 Å². The first-order valence-corrected chi connectivity index (χ1v) is 6.40. The van der Waals surface area contributed by atoms with Crippen LogP contribution >= 0.6 is 0 Å². The van der Waals surface area contributed by atoms with Gasteiger partial charge in [0.15, 0.2) is 5.65 Å². The number of rotatable bonds is 3. The van der Waals surface area contributed by atoms with Gasteiger partial charge in [-0.05, 0) is 25.2 Å². The highest BCUT2D eigenvalue weighted by Crippen LogP contribution is 2.26. The quantitative estimate of drug-likeness (QED) is 0.852. The maximum absolute atomic E-state index is 12.0. The third kappa shape index (κ3) is 1.92. The Kier molecular flexibility index (Phi) is 2.87. The van der Waals surface area contributed by atoms with Crippen molar-refractivity contribution in [1.82, 2.24) is 19.2 Å². The topological polar surface area (TPSA) is 78.2 Å². The van der Waals surface area contributed by atoms with Gasteiger partial charge in [0, 0.05) is 25.0 Å². The first-order valence-electron chi connectivity index (χ1n) is 6.40. The predicted molar refractivity (Wildman–Crippen MR) is 67.2 cm³/mol. The Hall–Kier alpha value is -1.69. The van der Waals surface area contributed by atoms with Gasteiger partial charge < -0.3 is 5.73 Å². The van der Waals surface area contributed by atoms with Crippen molar-refractivity contribution < 1.29 is 0 Å². The molecule has 6 nitrogen and oxygen atoms in total. The van der Waals surface area contributed by atoms with Crippen molar-refractivity contribution in [3.63, 3.8) is 0 Å². The van der Waals surface area contributed by atoms with Crippen LogP contribution in [0.5, 0.6) is 0 Å². The third-order valence-electron chi connectivity index (χ3n) is 3.82. The molecule has 2 aromatic rings. The van der Waals surface area contributed by atoms with E-state index in [9.17, 15) is 4.79 Å². The lowest BCUT2D eigenvalue weighted by Crippen LogP contribution is -2.28. The van der Waals surface area contributed by atoms with Gasteiger partial charge in [-0.3, -0.25) is 4.98 Å². The minimum absolute atomic E-state index is 0.0982. The Labute approximate surface area is 104 Å². The second-order valence-electron chi connectivity index (χ2n) is 4.95. The van der Waals surface area contributed by atoms with E-state index < -0.39 is 0 Å². The van der Waals surface area contributed by atoms with Crippen LogP contribution in [0.2, 0.25) is 0 Å². The Bertz CT molecular complexity index is 602. The molecule has 1 aliphatic rings. The fraction of sp³-hybridized carbons (Fsp3) is 0.583. The highest BCUT2D eigenvalue weighted by Gasteiger charge is 2.23. The summed E-state index contributed by atoms with van der Waals surface area (Å²) >= 11 is 0. The minimum atomic E-state index is -0.0982. The molecule has 0 amide bonds. The lowest BCUT2D eigenvalue weighted by atomic mass is 10.0. The van der Waals surface area contributed by atoms with E-state index in [0.29, 0.717) is 24.2 Å². The molecule has 2 atom stereocenters. The maximum atomic E-state index is 12.0. The van der Waals surface area contributed by atoms with Crippen LogP contribution in [0.1, 0.15) is 25.7 Å². The number of nitrogens with zero attached hydrogens (tertiary/aromatic N) is 4. The monoisotopic (exact) mass is 247 g/mol. The molecule has 0 aliphatic heterocycles. The van der Waals surface area contributed by atoms with Gasteiger partial charge in [-0.2, -0.15) is 0 Å². The van der Waals surface area contributed by atoms with Crippen molar-refractivity contribution in [2.45, 2.75) is 38.3 Å². The van der Waals surface area contributed by atoms with Crippen molar-refractivity contribution in [2.75, 3.05) is 0 Å². The molecule has 18 heavy (non-hydrogen) atoms. The van der Waals surface area contributed by atoms with Crippen LogP contribution in [0.4, 0.5) is 0 Å². The van der Waals surface area contributed by atoms with Crippen LogP contribution in [0.15, 0.2) is 23.4 Å². The summed E-state index contributed by atoms with van der Waals surface area (Å²) in [6.07, 6.45) is 9.24. The highest BCUT2D eigenvalue weighted by atomic mass is 16.2. The summed E-state index contributed by atoms with van der Waals surface area (Å²) in [6, 6.07) is 0.291. The fourth-order valence-electron chi connectivity index (χ4n) is 2.74. The second-order valence-corrected chi connectivity index (χ2v) is 4.95. The van der Waals surface area contributed by atoms with E-state index >= 15 is 0 Å². The molecule has 6 heteroatoms. The summed E-state index contributed by atoms with van der Waals surface area (Å²) in [6.45, 7) is 0.638. The SMILES string of the molecule is NC1CCCC1CCn1nc2cnccn2c1=O. The first-order chi connectivity index (χ1) is 8.75. The molecule has 1 fully saturated rings. The molecule has 0 spiro atoms. The van der Waals surface area contributed by atoms with Gasteiger partial charge in [-0.15, -0.1) is 5.10 Å². The number of aromatic nitrogens is 4. The Morgan fingerprint density at radius 1 is 1.44 bits per heavy atom. The van der Waals surface area contributed by atoms with Crippen LogP contribution < -0.4 is 11.4 Å². The van der Waals surface area contributed by atoms with Crippen LogP contribution in [-0.2, 0) is 6.54 Å². The van der Waals surface area contributed by atoms with E-state index in [4.69, 9.17) is 5.73 Å². The maximum Gasteiger partial charge on any atom is 0.350 e. The van der Waals surface area contributed by atoms with Crippen LogP contribution in [0.3, 0.4) is 0 Å². The summed E-state index contributed by atoms with van der Waals surface area (Å²) < 4.78 is 3.03. The van der Waals surface area contributed by atoms with Crippen molar-refractivity contribution in [2.24, 2.45) is 11.7 Å². The van der Waals surface area contributed by atoms with Crippen molar-refractivity contribution in [3.8, 4) is 0 Å². The predicted octanol–water partition coefficient (Wildman–Crippen LogP) is 0.408. The Morgan fingerprint density at radius 3 is 3.06 bits per heavy atom. The Morgan fingerprint density at radius 2 is 2.33 bits per heavy atom. The molecule has 0 radical (unpaired) electrons. The molecule has 1 saturated carbocycles. The van der Waals surface area contributed by atoms with E-state index in [1.807, 2.05) is 0 Å². The molecule has 0 saturated heterocycles. The lowest BCUT2D eigenvalue weighted by Gasteiger charge is -2.14. The molecule has 0 bridgehead atoms. The van der Waals surface area contributed by atoms with Crippen molar-refractivity contribution in [3.05, 3.63) is 29.1 Å². The van der Waals surface area contributed by atoms with Gasteiger partial charge in [0.05, 0.1) is 6.20 Å². The van der Waals surface area contributed by atoms with E-state index in [2.05, 4.69) is 10.1 Å². The summed E-state index contributed by atoms with van der Waals surface area (Å²) in [5, 5.41) is 4.26. The smallest absolute Gasteiger partial charge is 0.327 e. The molecule has 2 aromatic heterocycles. The van der Waals surface area contributed by atoms with Crippen LogP contribution in [0, 0.1) is 5.92 Å². The molecule has 96 valence electrons. The molecule has 2 heterocycles. The average Bonchev–Trinajstić information content (AvgIpc) is 2.92. The molecule has 1 aliphatic carbocycles. The molecule has 3 rings (SSSR count). The molecule has 2 N–H and O–H groups in total. The summed E-state index contributed by atoms with van der Waals surface area (Å²) in [7, 11) is 0. The first kappa shape index (κ1) is 11.4. The Balaban J connectivity index is 1.78. The van der Waals surface area contributed by atoms with Crippen molar-refractivity contribution >= 4 is 5.65 Å². The second kappa shape index (κ2) is 4.53. The van der Waals surface area contributed by atoms with Gasteiger partial charge in [0.2, 0.25) is 0 Å². The van der Waals surface area contributed by atoms with Crippen LogP contribution in [0.25, 0.3) is 5.65 Å². The van der Waals surface area contributed by atoms with Crippen molar-refractivity contribution in [1.29, 1.82) is 0 Å². The summed E-state index contributed by atoms with van der Waals surface area (Å²) in [4.78, 5) is 16.0. The average molecular weight is 247 g/mol. The summed E-state index contributed by atoms with van der Waals surface area (Å²) in [5.74, 6) is 0.528.